The van der Waals surface area contributed by atoms with Gasteiger partial charge in [-0.15, -0.1) is 0 Å². The van der Waals surface area contributed by atoms with Gasteiger partial charge in [-0.2, -0.15) is 0 Å². The van der Waals surface area contributed by atoms with E-state index < -0.39 is 0 Å². The van der Waals surface area contributed by atoms with Crippen LogP contribution in [-0.2, 0) is 11.3 Å². The van der Waals surface area contributed by atoms with E-state index >= 15 is 0 Å². The second-order valence-corrected chi connectivity index (χ2v) is 7.24. The number of aryl methyl sites for hydroxylation is 1. The Labute approximate surface area is 149 Å². The number of benzene rings is 2. The molecule has 0 atom stereocenters. The van der Waals surface area contributed by atoms with Gasteiger partial charge in [-0.05, 0) is 68.1 Å². The minimum absolute atomic E-state index is 0.113. The van der Waals surface area contributed by atoms with Crippen molar-refractivity contribution in [1.29, 1.82) is 0 Å². The zero-order valence-electron chi connectivity index (χ0n) is 15.1. The maximum Gasteiger partial charge on any atom is 0.219 e. The SMILES string of the molecule is CNSc1ccccc1-c1ccc(CN(C(C)=O)C(C)C)cc1C. The molecule has 2 aromatic carbocycles. The third-order valence-electron chi connectivity index (χ3n) is 4.06. The lowest BCUT2D eigenvalue weighted by molar-refractivity contribution is -0.131. The molecule has 2 rings (SSSR count). The molecule has 2 aromatic rings. The molecule has 0 aliphatic rings. The summed E-state index contributed by atoms with van der Waals surface area (Å²) in [5.41, 5.74) is 4.85. The highest BCUT2D eigenvalue weighted by Crippen LogP contribution is 2.32. The summed E-state index contributed by atoms with van der Waals surface area (Å²) in [6.07, 6.45) is 0. The summed E-state index contributed by atoms with van der Waals surface area (Å²) in [6, 6.07) is 15.1. The number of carbonyl (C=O) groups excluding carboxylic acids is 1. The molecule has 0 aliphatic heterocycles. The highest BCUT2D eigenvalue weighted by molar-refractivity contribution is 7.97. The van der Waals surface area contributed by atoms with Crippen LogP contribution in [0.1, 0.15) is 31.9 Å². The van der Waals surface area contributed by atoms with Crippen molar-refractivity contribution in [3.05, 3.63) is 53.6 Å². The lowest BCUT2D eigenvalue weighted by Crippen LogP contribution is -2.34. The molecule has 3 nitrogen and oxygen atoms in total. The number of nitrogens with one attached hydrogen (secondary N) is 1. The Kier molecular flexibility index (Phi) is 6.46. The first-order valence-electron chi connectivity index (χ1n) is 8.23. The van der Waals surface area contributed by atoms with Gasteiger partial charge in [0.1, 0.15) is 0 Å². The van der Waals surface area contributed by atoms with Crippen LogP contribution in [0.5, 0.6) is 0 Å². The molecule has 0 radical (unpaired) electrons. The van der Waals surface area contributed by atoms with Crippen LogP contribution in [0.2, 0.25) is 0 Å². The Morgan fingerprint density at radius 1 is 1.17 bits per heavy atom. The molecule has 1 N–H and O–H groups in total. The summed E-state index contributed by atoms with van der Waals surface area (Å²) in [5, 5.41) is 0. The Morgan fingerprint density at radius 3 is 2.46 bits per heavy atom. The second kappa shape index (κ2) is 8.36. The number of amides is 1. The minimum atomic E-state index is 0.113. The first-order valence-corrected chi connectivity index (χ1v) is 9.05. The van der Waals surface area contributed by atoms with E-state index in [1.165, 1.54) is 27.1 Å². The molecule has 0 unspecified atom stereocenters. The predicted molar refractivity (Wildman–Crippen MR) is 103 cm³/mol. The van der Waals surface area contributed by atoms with Gasteiger partial charge in [-0.25, -0.2) is 0 Å². The van der Waals surface area contributed by atoms with Crippen molar-refractivity contribution in [2.75, 3.05) is 7.05 Å². The molecule has 128 valence electrons. The molecular formula is C20H26N2OS. The van der Waals surface area contributed by atoms with Crippen molar-refractivity contribution in [1.82, 2.24) is 9.62 Å². The average Bonchev–Trinajstić information content (AvgIpc) is 2.53. The van der Waals surface area contributed by atoms with E-state index in [0.717, 1.165) is 0 Å². The zero-order chi connectivity index (χ0) is 17.7. The molecular weight excluding hydrogens is 316 g/mol. The second-order valence-electron chi connectivity index (χ2n) is 6.19. The van der Waals surface area contributed by atoms with E-state index in [-0.39, 0.29) is 11.9 Å². The van der Waals surface area contributed by atoms with Gasteiger partial charge >= 0.3 is 0 Å². The number of hydrogen-bond donors (Lipinski definition) is 1. The van der Waals surface area contributed by atoms with Gasteiger partial charge in [0, 0.05) is 24.4 Å². The van der Waals surface area contributed by atoms with Crippen LogP contribution in [0.3, 0.4) is 0 Å². The van der Waals surface area contributed by atoms with Crippen LogP contribution in [0.15, 0.2) is 47.4 Å². The molecule has 24 heavy (non-hydrogen) atoms. The molecule has 0 fully saturated rings. The smallest absolute Gasteiger partial charge is 0.219 e. The number of carbonyl (C=O) groups is 1. The van der Waals surface area contributed by atoms with Crippen LogP contribution >= 0.6 is 11.9 Å². The summed E-state index contributed by atoms with van der Waals surface area (Å²) in [5.74, 6) is 0.113. The third-order valence-corrected chi connectivity index (χ3v) is 4.84. The highest BCUT2D eigenvalue weighted by atomic mass is 32.2. The highest BCUT2D eigenvalue weighted by Gasteiger charge is 2.14. The van der Waals surface area contributed by atoms with Crippen molar-refractivity contribution in [3.8, 4) is 11.1 Å². The fraction of sp³-hybridized carbons (Fsp3) is 0.350. The van der Waals surface area contributed by atoms with E-state index in [4.69, 9.17) is 0 Å². The Balaban J connectivity index is 2.32. The van der Waals surface area contributed by atoms with E-state index in [9.17, 15) is 4.79 Å². The van der Waals surface area contributed by atoms with Gasteiger partial charge < -0.3 is 4.90 Å². The maximum atomic E-state index is 11.8. The van der Waals surface area contributed by atoms with E-state index in [1.54, 1.807) is 18.9 Å². The molecule has 0 spiro atoms. The summed E-state index contributed by atoms with van der Waals surface area (Å²) in [7, 11) is 1.93. The number of nitrogens with zero attached hydrogens (tertiary/aromatic N) is 1. The quantitative estimate of drug-likeness (QED) is 0.776. The fourth-order valence-corrected chi connectivity index (χ4v) is 3.52. The largest absolute Gasteiger partial charge is 0.336 e. The van der Waals surface area contributed by atoms with Crippen LogP contribution in [0, 0.1) is 6.92 Å². The van der Waals surface area contributed by atoms with E-state index in [0.29, 0.717) is 6.54 Å². The summed E-state index contributed by atoms with van der Waals surface area (Å²) in [6.45, 7) is 8.52. The van der Waals surface area contributed by atoms with Crippen molar-refractivity contribution in [2.45, 2.75) is 45.2 Å². The summed E-state index contributed by atoms with van der Waals surface area (Å²) < 4.78 is 3.15. The predicted octanol–water partition coefficient (Wildman–Crippen LogP) is 4.65. The van der Waals surface area contributed by atoms with Gasteiger partial charge in [-0.3, -0.25) is 9.52 Å². The lowest BCUT2D eigenvalue weighted by Gasteiger charge is -2.26. The van der Waals surface area contributed by atoms with Crippen molar-refractivity contribution >= 4 is 17.9 Å². The summed E-state index contributed by atoms with van der Waals surface area (Å²) >= 11 is 1.63. The van der Waals surface area contributed by atoms with Crippen LogP contribution in [0.25, 0.3) is 11.1 Å². The number of hydrogen-bond acceptors (Lipinski definition) is 3. The van der Waals surface area contributed by atoms with Gasteiger partial charge in [0.05, 0.1) is 0 Å². The Hall–Kier alpha value is -1.78. The normalized spacial score (nSPS) is 10.9. The first kappa shape index (κ1) is 18.6. The molecule has 0 saturated carbocycles. The molecule has 1 amide bonds. The maximum absolute atomic E-state index is 11.8. The van der Waals surface area contributed by atoms with Crippen LogP contribution in [0.4, 0.5) is 0 Å². The molecule has 0 bridgehead atoms. The fourth-order valence-electron chi connectivity index (χ4n) is 2.87. The Morgan fingerprint density at radius 2 is 1.88 bits per heavy atom. The van der Waals surface area contributed by atoms with Crippen LogP contribution in [-0.4, -0.2) is 23.9 Å². The van der Waals surface area contributed by atoms with E-state index in [1.807, 2.05) is 25.8 Å². The molecule has 4 heteroatoms. The van der Waals surface area contributed by atoms with Crippen molar-refractivity contribution < 1.29 is 4.79 Å². The van der Waals surface area contributed by atoms with Gasteiger partial charge in [0.25, 0.3) is 0 Å². The molecule has 0 aliphatic carbocycles. The molecule has 0 saturated heterocycles. The van der Waals surface area contributed by atoms with Crippen molar-refractivity contribution in [2.24, 2.45) is 0 Å². The van der Waals surface area contributed by atoms with Crippen LogP contribution < -0.4 is 4.72 Å². The van der Waals surface area contributed by atoms with Crippen molar-refractivity contribution in [3.63, 3.8) is 0 Å². The standard InChI is InChI=1S/C20H26N2OS/c1-14(2)22(16(4)23)13-17-10-11-18(15(3)12-17)19-8-6-7-9-20(19)24-21-5/h6-12,14,21H,13H2,1-5H3. The van der Waals surface area contributed by atoms with Gasteiger partial charge in [0.2, 0.25) is 5.91 Å². The average molecular weight is 343 g/mol. The zero-order valence-corrected chi connectivity index (χ0v) is 15.9. The lowest BCUT2D eigenvalue weighted by atomic mass is 9.98. The van der Waals surface area contributed by atoms with Gasteiger partial charge in [-0.1, -0.05) is 36.4 Å². The monoisotopic (exact) mass is 342 g/mol. The topological polar surface area (TPSA) is 32.3 Å². The van der Waals surface area contributed by atoms with Gasteiger partial charge in [0.15, 0.2) is 0 Å². The minimum Gasteiger partial charge on any atom is -0.336 e. The Bertz CT molecular complexity index is 713. The molecule has 0 aromatic heterocycles. The third kappa shape index (κ3) is 4.40. The first-order chi connectivity index (χ1) is 11.4. The van der Waals surface area contributed by atoms with E-state index in [2.05, 4.69) is 54.1 Å². The number of rotatable bonds is 6. The molecule has 0 heterocycles. The summed E-state index contributed by atoms with van der Waals surface area (Å²) in [4.78, 5) is 14.9.